The maximum atomic E-state index is 11.9. The van der Waals surface area contributed by atoms with Gasteiger partial charge in [0.2, 0.25) is 0 Å². The minimum atomic E-state index is -0.0953. The van der Waals surface area contributed by atoms with Gasteiger partial charge in [-0.25, -0.2) is 0 Å². The first kappa shape index (κ1) is 12.5. The van der Waals surface area contributed by atoms with Crippen molar-refractivity contribution in [2.45, 2.75) is 25.0 Å². The van der Waals surface area contributed by atoms with Gasteiger partial charge in [0.25, 0.3) is 5.91 Å². The van der Waals surface area contributed by atoms with Crippen LogP contribution in [0.3, 0.4) is 0 Å². The Labute approximate surface area is 111 Å². The van der Waals surface area contributed by atoms with E-state index in [0.29, 0.717) is 24.1 Å². The van der Waals surface area contributed by atoms with E-state index < -0.39 is 0 Å². The number of carbonyl (C=O) groups is 1. The number of amides is 1. The second-order valence-corrected chi connectivity index (χ2v) is 5.07. The third-order valence-corrected chi connectivity index (χ3v) is 3.90. The predicted octanol–water partition coefficient (Wildman–Crippen LogP) is -0.0266. The second kappa shape index (κ2) is 5.63. The number of hydrogen-bond donors (Lipinski definition) is 2. The Morgan fingerprint density at radius 3 is 3.26 bits per heavy atom. The number of hydrogen-bond acceptors (Lipinski definition) is 5. The van der Waals surface area contributed by atoms with Gasteiger partial charge in [-0.3, -0.25) is 4.79 Å². The molecule has 1 amide bonds. The molecule has 2 aliphatic rings. The minimum Gasteiger partial charge on any atom is -0.375 e. The third-order valence-electron chi connectivity index (χ3n) is 3.90. The van der Waals surface area contributed by atoms with E-state index in [2.05, 4.69) is 20.8 Å². The standard InChI is InChI=1S/C13H18N4O2/c18-13(10-3-4-16-17-8-10)15-7-9-1-2-11-12(9)19-6-5-14-11/h3-4,8-9,11-12,14H,1-2,5-7H2,(H,15,18)/t9-,11+,12+/m0/s1. The maximum absolute atomic E-state index is 11.9. The Hall–Kier alpha value is -1.53. The molecule has 0 unspecified atom stereocenters. The van der Waals surface area contributed by atoms with Crippen molar-refractivity contribution >= 4 is 5.91 Å². The Morgan fingerprint density at radius 1 is 1.47 bits per heavy atom. The van der Waals surface area contributed by atoms with Gasteiger partial charge in [0, 0.05) is 25.0 Å². The molecule has 0 spiro atoms. The number of carbonyl (C=O) groups excluding carboxylic acids is 1. The molecule has 19 heavy (non-hydrogen) atoms. The number of nitrogens with one attached hydrogen (secondary N) is 2. The van der Waals surface area contributed by atoms with Crippen LogP contribution in [-0.2, 0) is 4.74 Å². The van der Waals surface area contributed by atoms with Crippen molar-refractivity contribution in [3.63, 3.8) is 0 Å². The molecule has 1 aromatic rings. The number of nitrogens with zero attached hydrogens (tertiary/aromatic N) is 2. The van der Waals surface area contributed by atoms with Gasteiger partial charge in [-0.15, -0.1) is 0 Å². The van der Waals surface area contributed by atoms with Crippen LogP contribution in [0.5, 0.6) is 0 Å². The highest BCUT2D eigenvalue weighted by Crippen LogP contribution is 2.29. The highest BCUT2D eigenvalue weighted by atomic mass is 16.5. The smallest absolute Gasteiger partial charge is 0.252 e. The van der Waals surface area contributed by atoms with Crippen LogP contribution >= 0.6 is 0 Å². The fourth-order valence-corrected chi connectivity index (χ4v) is 2.93. The Kier molecular flexibility index (Phi) is 3.70. The first-order chi connectivity index (χ1) is 9.34. The summed E-state index contributed by atoms with van der Waals surface area (Å²) in [5.41, 5.74) is 0.548. The number of ether oxygens (including phenoxy) is 1. The largest absolute Gasteiger partial charge is 0.375 e. The predicted molar refractivity (Wildman–Crippen MR) is 68.6 cm³/mol. The van der Waals surface area contributed by atoms with Gasteiger partial charge < -0.3 is 15.4 Å². The van der Waals surface area contributed by atoms with Gasteiger partial charge >= 0.3 is 0 Å². The van der Waals surface area contributed by atoms with Crippen molar-refractivity contribution in [1.82, 2.24) is 20.8 Å². The van der Waals surface area contributed by atoms with E-state index in [1.54, 1.807) is 6.07 Å². The summed E-state index contributed by atoms with van der Waals surface area (Å²) < 4.78 is 5.82. The van der Waals surface area contributed by atoms with Crippen LogP contribution in [0.2, 0.25) is 0 Å². The number of rotatable bonds is 3. The molecule has 3 rings (SSSR count). The molecule has 102 valence electrons. The third kappa shape index (κ3) is 2.74. The molecule has 2 N–H and O–H groups in total. The van der Waals surface area contributed by atoms with Crippen molar-refractivity contribution in [1.29, 1.82) is 0 Å². The minimum absolute atomic E-state index is 0.0953. The summed E-state index contributed by atoms with van der Waals surface area (Å²) in [6.45, 7) is 2.35. The molecule has 1 saturated carbocycles. The molecular weight excluding hydrogens is 244 g/mol. The molecule has 1 aliphatic heterocycles. The summed E-state index contributed by atoms with van der Waals surface area (Å²) in [6.07, 6.45) is 5.46. The van der Waals surface area contributed by atoms with Gasteiger partial charge in [0.05, 0.1) is 30.7 Å². The fraction of sp³-hybridized carbons (Fsp3) is 0.615. The molecule has 6 heteroatoms. The summed E-state index contributed by atoms with van der Waals surface area (Å²) in [7, 11) is 0. The molecule has 1 aromatic heterocycles. The van der Waals surface area contributed by atoms with Crippen molar-refractivity contribution < 1.29 is 9.53 Å². The monoisotopic (exact) mass is 262 g/mol. The quantitative estimate of drug-likeness (QED) is 0.800. The van der Waals surface area contributed by atoms with E-state index in [1.165, 1.54) is 12.4 Å². The zero-order valence-electron chi connectivity index (χ0n) is 10.7. The van der Waals surface area contributed by atoms with Crippen LogP contribution in [0.15, 0.2) is 18.5 Å². The Bertz CT molecular complexity index is 440. The average Bonchev–Trinajstić information content (AvgIpc) is 2.89. The van der Waals surface area contributed by atoms with Crippen molar-refractivity contribution in [2.75, 3.05) is 19.7 Å². The zero-order chi connectivity index (χ0) is 13.1. The van der Waals surface area contributed by atoms with Gasteiger partial charge in [-0.1, -0.05) is 0 Å². The van der Waals surface area contributed by atoms with Crippen LogP contribution in [-0.4, -0.2) is 47.9 Å². The summed E-state index contributed by atoms with van der Waals surface area (Å²) in [4.78, 5) is 11.9. The normalized spacial score (nSPS) is 29.8. The lowest BCUT2D eigenvalue weighted by Gasteiger charge is -2.30. The van der Waals surface area contributed by atoms with Gasteiger partial charge in [-0.05, 0) is 18.9 Å². The zero-order valence-corrected chi connectivity index (χ0v) is 10.7. The Morgan fingerprint density at radius 2 is 2.42 bits per heavy atom. The van der Waals surface area contributed by atoms with E-state index >= 15 is 0 Å². The van der Waals surface area contributed by atoms with Crippen molar-refractivity contribution in [2.24, 2.45) is 5.92 Å². The maximum Gasteiger partial charge on any atom is 0.252 e. The fourth-order valence-electron chi connectivity index (χ4n) is 2.93. The van der Waals surface area contributed by atoms with Crippen LogP contribution in [0.25, 0.3) is 0 Å². The summed E-state index contributed by atoms with van der Waals surface area (Å²) in [5, 5.41) is 13.8. The number of morpholine rings is 1. The molecule has 2 fully saturated rings. The molecule has 0 aromatic carbocycles. The first-order valence-electron chi connectivity index (χ1n) is 6.74. The highest BCUT2D eigenvalue weighted by molar-refractivity contribution is 5.93. The molecule has 1 saturated heterocycles. The number of aromatic nitrogens is 2. The van der Waals surface area contributed by atoms with E-state index in [1.807, 2.05) is 0 Å². The highest BCUT2D eigenvalue weighted by Gasteiger charge is 2.38. The van der Waals surface area contributed by atoms with Gasteiger partial charge in [0.1, 0.15) is 0 Å². The topological polar surface area (TPSA) is 76.1 Å². The Balaban J connectivity index is 1.54. The molecule has 1 aliphatic carbocycles. The lowest BCUT2D eigenvalue weighted by molar-refractivity contribution is -0.0138. The van der Waals surface area contributed by atoms with Gasteiger partial charge in [0.15, 0.2) is 0 Å². The lowest BCUT2D eigenvalue weighted by atomic mass is 10.0. The van der Waals surface area contributed by atoms with E-state index in [4.69, 9.17) is 4.74 Å². The lowest BCUT2D eigenvalue weighted by Crippen LogP contribution is -2.48. The second-order valence-electron chi connectivity index (χ2n) is 5.07. The van der Waals surface area contributed by atoms with Crippen LogP contribution in [0, 0.1) is 5.92 Å². The molecule has 6 nitrogen and oxygen atoms in total. The van der Waals surface area contributed by atoms with Crippen molar-refractivity contribution in [3.8, 4) is 0 Å². The molecule has 3 atom stereocenters. The first-order valence-corrected chi connectivity index (χ1v) is 6.74. The van der Waals surface area contributed by atoms with E-state index in [-0.39, 0.29) is 12.0 Å². The van der Waals surface area contributed by atoms with E-state index in [0.717, 1.165) is 26.0 Å². The molecule has 0 bridgehead atoms. The summed E-state index contributed by atoms with van der Waals surface area (Å²) >= 11 is 0. The SMILES string of the molecule is O=C(NC[C@@H]1CC[C@H]2NCCO[C@H]12)c1ccnnc1. The van der Waals surface area contributed by atoms with Crippen LogP contribution in [0.4, 0.5) is 0 Å². The van der Waals surface area contributed by atoms with E-state index in [9.17, 15) is 4.79 Å². The van der Waals surface area contributed by atoms with Crippen molar-refractivity contribution in [3.05, 3.63) is 24.0 Å². The van der Waals surface area contributed by atoms with Crippen LogP contribution < -0.4 is 10.6 Å². The number of fused-ring (bicyclic) bond motifs is 1. The summed E-state index contributed by atoms with van der Waals surface area (Å²) in [5.74, 6) is 0.304. The summed E-state index contributed by atoms with van der Waals surface area (Å²) in [6, 6.07) is 2.12. The molecular formula is C13H18N4O2. The average molecular weight is 262 g/mol. The molecule has 2 heterocycles. The van der Waals surface area contributed by atoms with Gasteiger partial charge in [-0.2, -0.15) is 10.2 Å². The van der Waals surface area contributed by atoms with Crippen LogP contribution in [0.1, 0.15) is 23.2 Å². The molecule has 0 radical (unpaired) electrons.